The highest BCUT2D eigenvalue weighted by Crippen LogP contribution is 2.22. The van der Waals surface area contributed by atoms with Crippen molar-refractivity contribution in [2.75, 3.05) is 13.2 Å². The van der Waals surface area contributed by atoms with Crippen LogP contribution in [-0.2, 0) is 9.47 Å². The predicted molar refractivity (Wildman–Crippen MR) is 111 cm³/mol. The van der Waals surface area contributed by atoms with E-state index in [2.05, 4.69) is 34.6 Å². The van der Waals surface area contributed by atoms with Gasteiger partial charge in [0.15, 0.2) is 6.29 Å². The quantitative estimate of drug-likeness (QED) is 0.183. The topological polar surface area (TPSA) is 18.5 Å². The molecule has 0 amide bonds. The van der Waals surface area contributed by atoms with E-state index in [0.717, 1.165) is 19.6 Å². The van der Waals surface area contributed by atoms with Crippen LogP contribution in [0.3, 0.4) is 0 Å². The zero-order valence-electron chi connectivity index (χ0n) is 18.2. The largest absolute Gasteiger partial charge is 0.353 e. The molecule has 0 aromatic heterocycles. The summed E-state index contributed by atoms with van der Waals surface area (Å²) in [5.74, 6) is 0. The third kappa shape index (κ3) is 20.1. The van der Waals surface area contributed by atoms with E-state index in [9.17, 15) is 0 Å². The second kappa shape index (κ2) is 17.3. The Bertz CT molecular complexity index is 243. The maximum Gasteiger partial charge on any atom is 0.157 e. The molecule has 0 aromatic rings. The fourth-order valence-corrected chi connectivity index (χ4v) is 3.02. The lowest BCUT2D eigenvalue weighted by Gasteiger charge is -2.19. The van der Waals surface area contributed by atoms with Crippen LogP contribution in [0.15, 0.2) is 0 Å². The summed E-state index contributed by atoms with van der Waals surface area (Å²) in [5.41, 5.74) is 0.478. The lowest BCUT2D eigenvalue weighted by atomic mass is 9.89. The Morgan fingerprint density at radius 2 is 1.08 bits per heavy atom. The Labute approximate surface area is 159 Å². The molecule has 0 aliphatic rings. The third-order valence-corrected chi connectivity index (χ3v) is 4.72. The van der Waals surface area contributed by atoms with Gasteiger partial charge >= 0.3 is 0 Å². The molecular formula is C23H48O2. The van der Waals surface area contributed by atoms with Gasteiger partial charge in [-0.2, -0.15) is 0 Å². The number of rotatable bonds is 18. The van der Waals surface area contributed by atoms with Crippen molar-refractivity contribution in [3.05, 3.63) is 0 Å². The van der Waals surface area contributed by atoms with E-state index in [1.54, 1.807) is 0 Å². The van der Waals surface area contributed by atoms with E-state index in [1.807, 2.05) is 0 Å². The number of hydrogen-bond acceptors (Lipinski definition) is 2. The van der Waals surface area contributed by atoms with Gasteiger partial charge in [0.2, 0.25) is 0 Å². The van der Waals surface area contributed by atoms with E-state index in [1.165, 1.54) is 83.5 Å². The highest BCUT2D eigenvalue weighted by molar-refractivity contribution is 4.61. The van der Waals surface area contributed by atoms with E-state index in [0.29, 0.717) is 5.41 Å². The van der Waals surface area contributed by atoms with Crippen LogP contribution in [0.4, 0.5) is 0 Å². The lowest BCUT2D eigenvalue weighted by molar-refractivity contribution is -0.148. The summed E-state index contributed by atoms with van der Waals surface area (Å²) >= 11 is 0. The molecule has 0 saturated heterocycles. The molecule has 0 aromatic carbocycles. The third-order valence-electron chi connectivity index (χ3n) is 4.72. The molecule has 2 nitrogen and oxygen atoms in total. The number of hydrogen-bond donors (Lipinski definition) is 0. The Hall–Kier alpha value is -0.0800. The Morgan fingerprint density at radius 3 is 1.56 bits per heavy atom. The lowest BCUT2D eigenvalue weighted by Crippen LogP contribution is -2.19. The first-order valence-corrected chi connectivity index (χ1v) is 11.2. The van der Waals surface area contributed by atoms with Crippen molar-refractivity contribution in [1.29, 1.82) is 0 Å². The highest BCUT2D eigenvalue weighted by Gasteiger charge is 2.11. The maximum atomic E-state index is 6.03. The van der Waals surface area contributed by atoms with Gasteiger partial charge in [0.05, 0.1) is 0 Å². The summed E-state index contributed by atoms with van der Waals surface area (Å²) in [5, 5.41) is 0. The summed E-state index contributed by atoms with van der Waals surface area (Å²) in [4.78, 5) is 0. The van der Waals surface area contributed by atoms with E-state index in [-0.39, 0.29) is 6.29 Å². The van der Waals surface area contributed by atoms with Crippen LogP contribution in [0.1, 0.15) is 125 Å². The van der Waals surface area contributed by atoms with Crippen LogP contribution in [0.25, 0.3) is 0 Å². The molecule has 25 heavy (non-hydrogen) atoms. The predicted octanol–water partition coefficient (Wildman–Crippen LogP) is 7.89. The zero-order valence-corrected chi connectivity index (χ0v) is 18.2. The van der Waals surface area contributed by atoms with Crippen LogP contribution in [0.2, 0.25) is 0 Å². The van der Waals surface area contributed by atoms with Crippen molar-refractivity contribution in [2.45, 2.75) is 131 Å². The first-order valence-electron chi connectivity index (χ1n) is 11.2. The normalized spacial score (nSPS) is 12.2. The summed E-state index contributed by atoms with van der Waals surface area (Å²) in [7, 11) is 0. The van der Waals surface area contributed by atoms with Gasteiger partial charge in [0.1, 0.15) is 0 Å². The van der Waals surface area contributed by atoms with E-state index < -0.39 is 0 Å². The van der Waals surface area contributed by atoms with E-state index >= 15 is 0 Å². The van der Waals surface area contributed by atoms with Crippen LogP contribution >= 0.6 is 0 Å². The number of unbranched alkanes of at least 4 members (excludes halogenated alkanes) is 9. The summed E-state index contributed by atoms with van der Waals surface area (Å²) < 4.78 is 12.1. The van der Waals surface area contributed by atoms with Crippen LogP contribution in [0, 0.1) is 5.41 Å². The monoisotopic (exact) mass is 356 g/mol. The smallest absolute Gasteiger partial charge is 0.157 e. The standard InChI is InChI=1S/C23H48O2/c1-6-8-10-16-20-24-22(25-21-17-11-9-7-2)18-14-12-13-15-19-23(3,4)5/h22H,6-21H2,1-5H3. The van der Waals surface area contributed by atoms with Gasteiger partial charge in [-0.25, -0.2) is 0 Å². The fraction of sp³-hybridized carbons (Fsp3) is 1.00. The van der Waals surface area contributed by atoms with Crippen LogP contribution in [-0.4, -0.2) is 19.5 Å². The molecule has 0 spiro atoms. The van der Waals surface area contributed by atoms with Crippen LogP contribution < -0.4 is 0 Å². The second-order valence-corrected chi connectivity index (χ2v) is 8.81. The minimum atomic E-state index is 0.0332. The van der Waals surface area contributed by atoms with Crippen molar-refractivity contribution in [3.8, 4) is 0 Å². The molecule has 0 saturated carbocycles. The molecule has 0 radical (unpaired) electrons. The van der Waals surface area contributed by atoms with Gasteiger partial charge in [-0.3, -0.25) is 0 Å². The van der Waals surface area contributed by atoms with Gasteiger partial charge < -0.3 is 9.47 Å². The zero-order chi connectivity index (χ0) is 18.8. The molecule has 0 aliphatic carbocycles. The van der Waals surface area contributed by atoms with Crippen molar-refractivity contribution >= 4 is 0 Å². The molecule has 0 unspecified atom stereocenters. The fourth-order valence-electron chi connectivity index (χ4n) is 3.02. The minimum absolute atomic E-state index is 0.0332. The van der Waals surface area contributed by atoms with E-state index in [4.69, 9.17) is 9.47 Å². The molecule has 0 atom stereocenters. The Kier molecular flexibility index (Phi) is 17.3. The molecule has 0 aliphatic heterocycles. The molecule has 0 N–H and O–H groups in total. The van der Waals surface area contributed by atoms with Crippen molar-refractivity contribution in [1.82, 2.24) is 0 Å². The summed E-state index contributed by atoms with van der Waals surface area (Å²) in [6.07, 6.45) is 17.8. The molecule has 152 valence electrons. The number of ether oxygens (including phenoxy) is 2. The molecule has 0 heterocycles. The molecule has 0 fully saturated rings. The van der Waals surface area contributed by atoms with Crippen molar-refractivity contribution in [2.24, 2.45) is 5.41 Å². The SMILES string of the molecule is CCCCCCOC(CCCCCCC(C)(C)C)OCCCCCC. The van der Waals surface area contributed by atoms with Gasteiger partial charge in [-0.15, -0.1) is 0 Å². The first-order chi connectivity index (χ1) is 12.0. The van der Waals surface area contributed by atoms with Gasteiger partial charge in [-0.05, 0) is 37.5 Å². The van der Waals surface area contributed by atoms with Gasteiger partial charge in [-0.1, -0.05) is 92.4 Å². The van der Waals surface area contributed by atoms with Crippen LogP contribution in [0.5, 0.6) is 0 Å². The highest BCUT2D eigenvalue weighted by atomic mass is 16.7. The van der Waals surface area contributed by atoms with Gasteiger partial charge in [0, 0.05) is 13.2 Å². The summed E-state index contributed by atoms with van der Waals surface area (Å²) in [6.45, 7) is 13.2. The summed E-state index contributed by atoms with van der Waals surface area (Å²) in [6, 6.07) is 0. The van der Waals surface area contributed by atoms with Gasteiger partial charge in [0.25, 0.3) is 0 Å². The minimum Gasteiger partial charge on any atom is -0.353 e. The Morgan fingerprint density at radius 1 is 0.600 bits per heavy atom. The second-order valence-electron chi connectivity index (χ2n) is 8.81. The van der Waals surface area contributed by atoms with Crippen molar-refractivity contribution < 1.29 is 9.47 Å². The molecular weight excluding hydrogens is 308 g/mol. The maximum absolute atomic E-state index is 6.03. The first kappa shape index (κ1) is 24.9. The molecule has 2 heteroatoms. The molecule has 0 bridgehead atoms. The van der Waals surface area contributed by atoms with Crippen molar-refractivity contribution in [3.63, 3.8) is 0 Å². The molecule has 0 rings (SSSR count). The Balaban J connectivity index is 3.82. The average Bonchev–Trinajstić information content (AvgIpc) is 2.55. The average molecular weight is 357 g/mol.